The molecule has 0 atom stereocenters. The van der Waals surface area contributed by atoms with E-state index in [0.29, 0.717) is 13.0 Å². The average molecular weight is 352 g/mol. The van der Waals surface area contributed by atoms with Gasteiger partial charge in [0.15, 0.2) is 0 Å². The van der Waals surface area contributed by atoms with E-state index in [-0.39, 0.29) is 11.4 Å². The molecular weight excluding hydrogens is 337 g/mol. The standard InChI is InChI=1S/C16H15F3N4S/c17-16(18,19)13-6-5-10(9-20)15(23-13)21-8-7-14-22-11-3-1-2-4-12(11)24-14/h5-6H,1-4,7-8H2,(H,21,23). The number of alkyl halides is 3. The van der Waals surface area contributed by atoms with Crippen molar-refractivity contribution in [1.82, 2.24) is 9.97 Å². The molecule has 8 heteroatoms. The van der Waals surface area contributed by atoms with Crippen LogP contribution in [0.2, 0.25) is 0 Å². The van der Waals surface area contributed by atoms with Crippen LogP contribution in [0.15, 0.2) is 12.1 Å². The number of aryl methyl sites for hydroxylation is 2. The number of nitriles is 1. The van der Waals surface area contributed by atoms with Crippen molar-refractivity contribution in [1.29, 1.82) is 5.26 Å². The highest BCUT2D eigenvalue weighted by atomic mass is 32.1. The molecule has 3 rings (SSSR count). The summed E-state index contributed by atoms with van der Waals surface area (Å²) in [6.07, 6.45) is 0.487. The van der Waals surface area contributed by atoms with Crippen LogP contribution >= 0.6 is 11.3 Å². The van der Waals surface area contributed by atoms with Gasteiger partial charge in [-0.1, -0.05) is 0 Å². The minimum absolute atomic E-state index is 0.0337. The average Bonchev–Trinajstić information content (AvgIpc) is 2.96. The van der Waals surface area contributed by atoms with Crippen molar-refractivity contribution >= 4 is 17.2 Å². The van der Waals surface area contributed by atoms with Crippen molar-refractivity contribution in [2.24, 2.45) is 0 Å². The molecule has 4 nitrogen and oxygen atoms in total. The van der Waals surface area contributed by atoms with Crippen molar-refractivity contribution in [3.63, 3.8) is 0 Å². The molecule has 0 fully saturated rings. The molecule has 1 aliphatic carbocycles. The number of rotatable bonds is 4. The van der Waals surface area contributed by atoms with Gasteiger partial charge in [0.2, 0.25) is 0 Å². The Kier molecular flexibility index (Phi) is 4.71. The molecule has 2 aromatic rings. The molecule has 1 N–H and O–H groups in total. The van der Waals surface area contributed by atoms with Gasteiger partial charge in [0.25, 0.3) is 0 Å². The summed E-state index contributed by atoms with van der Waals surface area (Å²) in [5, 5.41) is 12.8. The Morgan fingerprint density at radius 2 is 2.00 bits per heavy atom. The molecule has 0 saturated heterocycles. The van der Waals surface area contributed by atoms with Crippen molar-refractivity contribution < 1.29 is 13.2 Å². The van der Waals surface area contributed by atoms with E-state index >= 15 is 0 Å². The topological polar surface area (TPSA) is 61.6 Å². The van der Waals surface area contributed by atoms with E-state index in [1.165, 1.54) is 11.3 Å². The van der Waals surface area contributed by atoms with Gasteiger partial charge >= 0.3 is 6.18 Å². The van der Waals surface area contributed by atoms with E-state index in [1.54, 1.807) is 11.3 Å². The quantitative estimate of drug-likeness (QED) is 0.905. The van der Waals surface area contributed by atoms with Gasteiger partial charge in [0.1, 0.15) is 17.6 Å². The molecule has 0 radical (unpaired) electrons. The Labute approximate surface area is 141 Å². The fourth-order valence-electron chi connectivity index (χ4n) is 2.64. The molecule has 126 valence electrons. The third-order valence-electron chi connectivity index (χ3n) is 3.83. The Morgan fingerprint density at radius 3 is 2.71 bits per heavy atom. The number of aromatic nitrogens is 2. The highest BCUT2D eigenvalue weighted by Crippen LogP contribution is 2.30. The number of nitrogens with zero attached hydrogens (tertiary/aromatic N) is 3. The van der Waals surface area contributed by atoms with Gasteiger partial charge in [-0.25, -0.2) is 9.97 Å². The molecule has 1 aliphatic rings. The predicted octanol–water partition coefficient (Wildman–Crippen LogP) is 3.96. The molecule has 0 amide bonds. The maximum absolute atomic E-state index is 12.7. The minimum atomic E-state index is -4.53. The molecule has 0 aromatic carbocycles. The molecule has 0 bridgehead atoms. The second-order valence-corrected chi connectivity index (χ2v) is 6.73. The van der Waals surface area contributed by atoms with Crippen LogP contribution in [-0.2, 0) is 25.4 Å². The zero-order valence-corrected chi connectivity index (χ0v) is 13.6. The van der Waals surface area contributed by atoms with E-state index in [1.807, 2.05) is 6.07 Å². The normalized spacial score (nSPS) is 14.1. The van der Waals surface area contributed by atoms with E-state index in [4.69, 9.17) is 5.26 Å². The highest BCUT2D eigenvalue weighted by Gasteiger charge is 2.33. The highest BCUT2D eigenvalue weighted by molar-refractivity contribution is 7.11. The van der Waals surface area contributed by atoms with E-state index in [0.717, 1.165) is 42.1 Å². The van der Waals surface area contributed by atoms with Crippen LogP contribution in [0, 0.1) is 11.3 Å². The van der Waals surface area contributed by atoms with Crippen LogP contribution in [0.25, 0.3) is 0 Å². The number of pyridine rings is 1. The van der Waals surface area contributed by atoms with Crippen molar-refractivity contribution in [2.75, 3.05) is 11.9 Å². The lowest BCUT2D eigenvalue weighted by Crippen LogP contribution is -2.13. The SMILES string of the molecule is N#Cc1ccc(C(F)(F)F)nc1NCCc1nc2c(s1)CCCC2. The summed E-state index contributed by atoms with van der Waals surface area (Å²) in [7, 11) is 0. The fraction of sp³-hybridized carbons (Fsp3) is 0.438. The second kappa shape index (κ2) is 6.77. The van der Waals surface area contributed by atoms with E-state index < -0.39 is 11.9 Å². The largest absolute Gasteiger partial charge is 0.433 e. The van der Waals surface area contributed by atoms with Gasteiger partial charge in [-0.05, 0) is 37.8 Å². The first-order chi connectivity index (χ1) is 11.5. The second-order valence-electron chi connectivity index (χ2n) is 5.56. The van der Waals surface area contributed by atoms with Crippen LogP contribution in [0.5, 0.6) is 0 Å². The third-order valence-corrected chi connectivity index (χ3v) is 5.04. The first-order valence-electron chi connectivity index (χ1n) is 7.67. The Bertz CT molecular complexity index is 753. The summed E-state index contributed by atoms with van der Waals surface area (Å²) in [6, 6.07) is 3.81. The molecule has 2 heterocycles. The maximum atomic E-state index is 12.7. The number of anilines is 1. The Balaban J connectivity index is 1.68. The van der Waals surface area contributed by atoms with Crippen molar-refractivity contribution in [3.8, 4) is 6.07 Å². The van der Waals surface area contributed by atoms with Crippen LogP contribution in [0.3, 0.4) is 0 Å². The molecule has 2 aromatic heterocycles. The summed E-state index contributed by atoms with van der Waals surface area (Å²) in [5.74, 6) is -0.0337. The summed E-state index contributed by atoms with van der Waals surface area (Å²) >= 11 is 1.67. The van der Waals surface area contributed by atoms with Gasteiger partial charge in [-0.3, -0.25) is 0 Å². The number of hydrogen-bond acceptors (Lipinski definition) is 5. The summed E-state index contributed by atoms with van der Waals surface area (Å²) in [6.45, 7) is 0.384. The minimum Gasteiger partial charge on any atom is -0.369 e. The van der Waals surface area contributed by atoms with E-state index in [9.17, 15) is 13.2 Å². The first kappa shape index (κ1) is 16.7. The predicted molar refractivity (Wildman–Crippen MR) is 84.9 cm³/mol. The smallest absolute Gasteiger partial charge is 0.369 e. The maximum Gasteiger partial charge on any atom is 0.433 e. The third kappa shape index (κ3) is 3.67. The summed E-state index contributed by atoms with van der Waals surface area (Å²) < 4.78 is 38.2. The van der Waals surface area contributed by atoms with Crippen molar-refractivity contribution in [2.45, 2.75) is 38.3 Å². The van der Waals surface area contributed by atoms with Gasteiger partial charge in [-0.2, -0.15) is 18.4 Å². The number of fused-ring (bicyclic) bond motifs is 1. The van der Waals surface area contributed by atoms with Crippen molar-refractivity contribution in [3.05, 3.63) is 39.0 Å². The van der Waals surface area contributed by atoms with E-state index in [2.05, 4.69) is 15.3 Å². The Morgan fingerprint density at radius 1 is 1.21 bits per heavy atom. The van der Waals surface area contributed by atoms with Gasteiger partial charge < -0.3 is 5.32 Å². The molecule has 24 heavy (non-hydrogen) atoms. The van der Waals surface area contributed by atoms with Gasteiger partial charge in [0.05, 0.1) is 16.3 Å². The van der Waals surface area contributed by atoms with Gasteiger partial charge in [-0.15, -0.1) is 11.3 Å². The molecular formula is C16H15F3N4S. The molecule has 0 saturated carbocycles. The van der Waals surface area contributed by atoms with Gasteiger partial charge in [0, 0.05) is 17.8 Å². The number of thiazole rings is 1. The summed E-state index contributed by atoms with van der Waals surface area (Å²) in [4.78, 5) is 9.46. The number of hydrogen-bond donors (Lipinski definition) is 1. The van der Waals surface area contributed by atoms with Crippen LogP contribution < -0.4 is 5.32 Å². The first-order valence-corrected chi connectivity index (χ1v) is 8.48. The zero-order chi connectivity index (χ0) is 17.2. The Hall–Kier alpha value is -2.14. The monoisotopic (exact) mass is 352 g/mol. The number of halogens is 3. The molecule has 0 aliphatic heterocycles. The van der Waals surface area contributed by atoms with Crippen LogP contribution in [0.1, 0.15) is 39.7 Å². The molecule has 0 spiro atoms. The zero-order valence-electron chi connectivity index (χ0n) is 12.8. The van der Waals surface area contributed by atoms with Crippen LogP contribution in [-0.4, -0.2) is 16.5 Å². The lowest BCUT2D eigenvalue weighted by molar-refractivity contribution is -0.141. The summed E-state index contributed by atoms with van der Waals surface area (Å²) in [5.41, 5.74) is 0.256. The lowest BCUT2D eigenvalue weighted by atomic mass is 10.0. The molecule has 0 unspecified atom stereocenters. The fourth-order valence-corrected chi connectivity index (χ4v) is 3.80. The number of nitrogens with one attached hydrogen (secondary N) is 1. The van der Waals surface area contributed by atoms with Crippen LogP contribution in [0.4, 0.5) is 19.0 Å². The lowest BCUT2D eigenvalue weighted by Gasteiger charge is -2.10.